The fourth-order valence-corrected chi connectivity index (χ4v) is 3.73. The number of aliphatic carboxylic acids is 1. The molecule has 134 valence electrons. The van der Waals surface area contributed by atoms with Gasteiger partial charge in [0.2, 0.25) is 0 Å². The van der Waals surface area contributed by atoms with Crippen LogP contribution < -0.4 is 14.9 Å². The zero-order chi connectivity index (χ0) is 18.8. The molecule has 1 aliphatic rings. The third kappa shape index (κ3) is 3.57. The van der Waals surface area contributed by atoms with Crippen molar-refractivity contribution in [2.45, 2.75) is 19.2 Å². The van der Waals surface area contributed by atoms with Crippen LogP contribution in [-0.4, -0.2) is 29.0 Å². The average molecular weight is 369 g/mol. The number of carbonyl (C=O) groups is 3. The molecular formula is C19H17N2O4S-. The monoisotopic (exact) mass is 369 g/mol. The predicted octanol–water partition coefficient (Wildman–Crippen LogP) is 2.09. The van der Waals surface area contributed by atoms with Crippen LogP contribution in [0.25, 0.3) is 0 Å². The molecular weight excluding hydrogens is 352 g/mol. The molecule has 26 heavy (non-hydrogen) atoms. The van der Waals surface area contributed by atoms with Crippen molar-refractivity contribution < 1.29 is 19.5 Å². The summed E-state index contributed by atoms with van der Waals surface area (Å²) in [5, 5.41) is 9.83. The lowest BCUT2D eigenvalue weighted by molar-refractivity contribution is -0.303. The van der Waals surface area contributed by atoms with Gasteiger partial charge < -0.3 is 14.8 Å². The van der Waals surface area contributed by atoms with Crippen molar-refractivity contribution in [1.82, 2.24) is 0 Å². The summed E-state index contributed by atoms with van der Waals surface area (Å²) in [6, 6.07) is 14.1. The van der Waals surface area contributed by atoms with Gasteiger partial charge in [0.25, 0.3) is 11.1 Å². The van der Waals surface area contributed by atoms with Gasteiger partial charge in [0.05, 0.1) is 18.2 Å². The van der Waals surface area contributed by atoms with Crippen LogP contribution in [0.1, 0.15) is 11.1 Å². The lowest BCUT2D eigenvalue weighted by atomic mass is 10.2. The van der Waals surface area contributed by atoms with Crippen LogP contribution in [0.15, 0.2) is 48.5 Å². The fourth-order valence-electron chi connectivity index (χ4n) is 2.71. The van der Waals surface area contributed by atoms with Gasteiger partial charge in [-0.2, -0.15) is 0 Å². The van der Waals surface area contributed by atoms with E-state index >= 15 is 0 Å². The highest BCUT2D eigenvalue weighted by atomic mass is 32.2. The molecule has 0 saturated carbocycles. The summed E-state index contributed by atoms with van der Waals surface area (Å²) in [7, 11) is 0. The number of hydrogen-bond donors (Lipinski definition) is 0. The summed E-state index contributed by atoms with van der Waals surface area (Å²) in [4.78, 5) is 39.0. The van der Waals surface area contributed by atoms with Crippen molar-refractivity contribution in [1.29, 1.82) is 0 Å². The Bertz CT molecular complexity index is 849. The minimum atomic E-state index is -1.32. The van der Waals surface area contributed by atoms with E-state index in [-0.39, 0.29) is 0 Å². The van der Waals surface area contributed by atoms with E-state index in [0.717, 1.165) is 27.8 Å². The van der Waals surface area contributed by atoms with Crippen LogP contribution in [0.2, 0.25) is 0 Å². The van der Waals surface area contributed by atoms with Crippen molar-refractivity contribution >= 4 is 40.3 Å². The lowest BCUT2D eigenvalue weighted by Gasteiger charge is -2.29. The fraction of sp³-hybridized carbons (Fsp3) is 0.211. The molecule has 1 fully saturated rings. The highest BCUT2D eigenvalue weighted by Crippen LogP contribution is 2.35. The number of thioether (sulfide) groups is 1. The summed E-state index contributed by atoms with van der Waals surface area (Å²) >= 11 is 0.802. The lowest BCUT2D eigenvalue weighted by Crippen LogP contribution is -2.47. The highest BCUT2D eigenvalue weighted by molar-refractivity contribution is 8.16. The summed E-state index contributed by atoms with van der Waals surface area (Å²) in [5.41, 5.74) is 3.03. The van der Waals surface area contributed by atoms with Gasteiger partial charge in [-0.05, 0) is 49.9 Å². The van der Waals surface area contributed by atoms with Crippen LogP contribution in [0.4, 0.5) is 16.2 Å². The number of carboxylic acid groups (broad SMARTS) is 1. The molecule has 1 unspecified atom stereocenters. The summed E-state index contributed by atoms with van der Waals surface area (Å²) in [5.74, 6) is -1.79. The number of carbonyl (C=O) groups excluding carboxylic acids is 3. The maximum Gasteiger partial charge on any atom is 0.295 e. The van der Waals surface area contributed by atoms with Crippen LogP contribution in [0, 0.1) is 13.8 Å². The minimum Gasteiger partial charge on any atom is -0.548 e. The Balaban J connectivity index is 1.93. The summed E-state index contributed by atoms with van der Waals surface area (Å²) in [6.45, 7) is 3.33. The number of nitrogens with zero attached hydrogens (tertiary/aromatic N) is 2. The maximum absolute atomic E-state index is 12.9. The molecule has 2 aromatic carbocycles. The minimum absolute atomic E-state index is 0.431. The average Bonchev–Trinajstić information content (AvgIpc) is 2.89. The highest BCUT2D eigenvalue weighted by Gasteiger charge is 2.44. The number of hydrogen-bond acceptors (Lipinski definition) is 6. The van der Waals surface area contributed by atoms with E-state index in [1.807, 2.05) is 38.1 Å². The number of amides is 2. The predicted molar refractivity (Wildman–Crippen MR) is 99.0 cm³/mol. The molecule has 6 nitrogen and oxygen atoms in total. The molecule has 0 aromatic heterocycles. The van der Waals surface area contributed by atoms with Gasteiger partial charge in [0, 0.05) is 5.69 Å². The largest absolute Gasteiger partial charge is 0.548 e. The molecule has 0 N–H and O–H groups in total. The molecule has 7 heteroatoms. The van der Waals surface area contributed by atoms with Gasteiger partial charge in [0.1, 0.15) is 0 Å². The molecule has 1 atom stereocenters. The molecule has 1 aliphatic heterocycles. The third-order valence-corrected chi connectivity index (χ3v) is 5.13. The van der Waals surface area contributed by atoms with E-state index in [9.17, 15) is 19.5 Å². The summed E-state index contributed by atoms with van der Waals surface area (Å²) < 4.78 is 0. The number of imide groups is 1. The van der Waals surface area contributed by atoms with E-state index in [4.69, 9.17) is 0 Å². The Morgan fingerprint density at radius 2 is 1.58 bits per heavy atom. The smallest absolute Gasteiger partial charge is 0.295 e. The second kappa shape index (κ2) is 7.21. The molecule has 0 aliphatic carbocycles. The first-order valence-electron chi connectivity index (χ1n) is 8.01. The van der Waals surface area contributed by atoms with Crippen molar-refractivity contribution in [2.75, 3.05) is 16.3 Å². The quantitative estimate of drug-likeness (QED) is 0.803. The topological polar surface area (TPSA) is 80.8 Å². The Kier molecular flexibility index (Phi) is 4.99. The van der Waals surface area contributed by atoms with Crippen LogP contribution >= 0.6 is 11.8 Å². The van der Waals surface area contributed by atoms with Crippen LogP contribution in [-0.2, 0) is 9.59 Å². The number of aryl methyl sites for hydroxylation is 2. The van der Waals surface area contributed by atoms with E-state index in [2.05, 4.69) is 0 Å². The van der Waals surface area contributed by atoms with Crippen LogP contribution in [0.5, 0.6) is 0 Å². The number of rotatable bonds is 5. The van der Waals surface area contributed by atoms with E-state index in [1.54, 1.807) is 24.3 Å². The summed E-state index contributed by atoms with van der Waals surface area (Å²) in [6.07, 6.45) is 0. The number of carboxylic acids is 1. The first-order chi connectivity index (χ1) is 12.4. The second-order valence-corrected chi connectivity index (χ2v) is 7.11. The van der Waals surface area contributed by atoms with E-state index < -0.39 is 29.0 Å². The van der Waals surface area contributed by atoms with E-state index in [0.29, 0.717) is 11.4 Å². The molecule has 2 amide bonds. The Morgan fingerprint density at radius 3 is 2.12 bits per heavy atom. The number of anilines is 2. The molecule has 2 aromatic rings. The van der Waals surface area contributed by atoms with Crippen molar-refractivity contribution in [3.05, 3.63) is 59.7 Å². The normalized spacial score (nSPS) is 16.8. The maximum atomic E-state index is 12.9. The first kappa shape index (κ1) is 18.0. The van der Waals surface area contributed by atoms with Gasteiger partial charge in [-0.15, -0.1) is 0 Å². The zero-order valence-electron chi connectivity index (χ0n) is 14.3. The Hall–Kier alpha value is -2.80. The van der Waals surface area contributed by atoms with Gasteiger partial charge in [0.15, 0.2) is 5.37 Å². The second-order valence-electron chi connectivity index (χ2n) is 6.08. The SMILES string of the molecule is Cc1ccc(N2C(=O)SC(N(CC(=O)[O-])c3ccc(C)cc3)C2=O)cc1. The zero-order valence-corrected chi connectivity index (χ0v) is 15.2. The molecule has 0 bridgehead atoms. The van der Waals surface area contributed by atoms with Gasteiger partial charge in [-0.3, -0.25) is 9.59 Å². The van der Waals surface area contributed by atoms with Crippen molar-refractivity contribution in [3.63, 3.8) is 0 Å². The first-order valence-corrected chi connectivity index (χ1v) is 8.89. The Morgan fingerprint density at radius 1 is 1.04 bits per heavy atom. The standard InChI is InChI=1S/C19H18N2O4S/c1-12-3-7-14(8-4-12)20(11-16(22)23)18-17(24)21(19(25)26-18)15-9-5-13(2)6-10-15/h3-10,18H,11H2,1-2H3,(H,22,23)/p-1. The molecule has 1 heterocycles. The van der Waals surface area contributed by atoms with Crippen molar-refractivity contribution in [2.24, 2.45) is 0 Å². The number of benzene rings is 2. The van der Waals surface area contributed by atoms with Gasteiger partial charge in [-0.1, -0.05) is 35.4 Å². The van der Waals surface area contributed by atoms with Gasteiger partial charge >= 0.3 is 0 Å². The third-order valence-electron chi connectivity index (χ3n) is 4.07. The Labute approximate surface area is 155 Å². The molecule has 0 radical (unpaired) electrons. The van der Waals surface area contributed by atoms with Crippen molar-refractivity contribution in [3.8, 4) is 0 Å². The van der Waals surface area contributed by atoms with E-state index in [1.165, 1.54) is 4.90 Å². The molecule has 0 spiro atoms. The molecule has 3 rings (SSSR count). The van der Waals surface area contributed by atoms with Gasteiger partial charge in [-0.25, -0.2) is 4.90 Å². The molecule has 1 saturated heterocycles. The van der Waals surface area contributed by atoms with Crippen LogP contribution in [0.3, 0.4) is 0 Å².